The smallest absolute Gasteiger partial charge is 0.326 e. The van der Waals surface area contributed by atoms with Crippen molar-refractivity contribution in [1.82, 2.24) is 25.9 Å². The highest BCUT2D eigenvalue weighted by atomic mass is 32.2. The quantitative estimate of drug-likeness (QED) is 0.153. The summed E-state index contributed by atoms with van der Waals surface area (Å²) in [5.41, 5.74) is 7.12. The Morgan fingerprint density at radius 1 is 1.03 bits per heavy atom. The van der Waals surface area contributed by atoms with Crippen LogP contribution in [0.5, 0.6) is 5.75 Å². The number of aliphatic carboxylic acids is 1. The van der Waals surface area contributed by atoms with Crippen molar-refractivity contribution in [2.24, 2.45) is 11.7 Å². The second-order valence-corrected chi connectivity index (χ2v) is 10.4. The predicted molar refractivity (Wildman–Crippen MR) is 148 cm³/mol. The molecule has 0 aliphatic rings. The first-order chi connectivity index (χ1) is 18.5. The Bertz CT molecular complexity index is 1080. The van der Waals surface area contributed by atoms with Crippen molar-refractivity contribution < 1.29 is 29.4 Å². The van der Waals surface area contributed by atoms with Gasteiger partial charge in [0.05, 0.1) is 12.4 Å². The number of H-pyrrole nitrogens is 1. The number of carboxylic acid groups (broad SMARTS) is 1. The number of phenolic OH excluding ortho intramolecular Hbond substituents is 1. The number of rotatable bonds is 16. The van der Waals surface area contributed by atoms with Crippen LogP contribution in [0.3, 0.4) is 0 Å². The maximum Gasteiger partial charge on any atom is 0.326 e. The number of nitrogens with zero attached hydrogens (tertiary/aromatic N) is 1. The number of hydrogen-bond donors (Lipinski definition) is 7. The van der Waals surface area contributed by atoms with E-state index >= 15 is 0 Å². The van der Waals surface area contributed by atoms with E-state index in [0.29, 0.717) is 29.9 Å². The molecule has 1 aromatic carbocycles. The number of carbonyl (C=O) groups is 4. The van der Waals surface area contributed by atoms with Gasteiger partial charge in [-0.25, -0.2) is 9.78 Å². The lowest BCUT2D eigenvalue weighted by molar-refractivity contribution is -0.142. The summed E-state index contributed by atoms with van der Waals surface area (Å²) in [7, 11) is 0. The molecule has 39 heavy (non-hydrogen) atoms. The van der Waals surface area contributed by atoms with Crippen molar-refractivity contribution in [1.29, 1.82) is 0 Å². The zero-order valence-electron chi connectivity index (χ0n) is 22.3. The summed E-state index contributed by atoms with van der Waals surface area (Å²) in [6.45, 7) is 3.68. The number of phenols is 1. The van der Waals surface area contributed by atoms with E-state index in [1.165, 1.54) is 24.7 Å². The second-order valence-electron chi connectivity index (χ2n) is 9.37. The van der Waals surface area contributed by atoms with Crippen LogP contribution >= 0.6 is 11.8 Å². The Balaban J connectivity index is 2.21. The Kier molecular flexibility index (Phi) is 12.8. The third-order valence-electron chi connectivity index (χ3n) is 6.37. The molecule has 5 unspecified atom stereocenters. The molecule has 0 bridgehead atoms. The van der Waals surface area contributed by atoms with E-state index < -0.39 is 47.9 Å². The van der Waals surface area contributed by atoms with Crippen LogP contribution < -0.4 is 21.7 Å². The van der Waals surface area contributed by atoms with Crippen molar-refractivity contribution in [2.45, 2.75) is 63.7 Å². The van der Waals surface area contributed by atoms with Gasteiger partial charge in [0, 0.05) is 24.7 Å². The highest BCUT2D eigenvalue weighted by molar-refractivity contribution is 7.98. The minimum Gasteiger partial charge on any atom is -0.508 e. The summed E-state index contributed by atoms with van der Waals surface area (Å²) in [6.07, 6.45) is 5.83. The molecule has 1 aromatic heterocycles. The number of aromatic amines is 1. The van der Waals surface area contributed by atoms with E-state index in [1.807, 2.05) is 13.2 Å². The van der Waals surface area contributed by atoms with E-state index in [1.54, 1.807) is 30.8 Å². The van der Waals surface area contributed by atoms with E-state index in [0.717, 1.165) is 0 Å². The first-order valence-electron chi connectivity index (χ1n) is 12.7. The normalized spacial score (nSPS) is 14.9. The second kappa shape index (κ2) is 15.7. The number of nitrogens with one attached hydrogen (secondary N) is 4. The third kappa shape index (κ3) is 10.2. The van der Waals surface area contributed by atoms with Gasteiger partial charge < -0.3 is 36.9 Å². The van der Waals surface area contributed by atoms with Gasteiger partial charge in [0.1, 0.15) is 23.9 Å². The molecule has 3 amide bonds. The molecular weight excluding hydrogens is 524 g/mol. The summed E-state index contributed by atoms with van der Waals surface area (Å²) >= 11 is 1.56. The average Bonchev–Trinajstić information content (AvgIpc) is 3.43. The number of aromatic hydroxyl groups is 1. The number of carbonyl (C=O) groups excluding carboxylic acids is 3. The summed E-state index contributed by atoms with van der Waals surface area (Å²) in [5, 5.41) is 27.1. The van der Waals surface area contributed by atoms with Gasteiger partial charge in [0.2, 0.25) is 17.7 Å². The number of carboxylic acids is 1. The molecular formula is C26H38N6O6S. The van der Waals surface area contributed by atoms with Crippen molar-refractivity contribution >= 4 is 35.5 Å². The number of benzene rings is 1. The highest BCUT2D eigenvalue weighted by Gasteiger charge is 2.32. The molecule has 0 aliphatic heterocycles. The largest absolute Gasteiger partial charge is 0.508 e. The molecule has 13 heteroatoms. The van der Waals surface area contributed by atoms with Gasteiger partial charge in [0.25, 0.3) is 0 Å². The Morgan fingerprint density at radius 2 is 1.69 bits per heavy atom. The first kappa shape index (κ1) is 31.6. The molecule has 0 fully saturated rings. The third-order valence-corrected chi connectivity index (χ3v) is 7.01. The molecule has 2 aromatic rings. The fraction of sp³-hybridized carbons (Fsp3) is 0.500. The van der Waals surface area contributed by atoms with Crippen molar-refractivity contribution in [3.05, 3.63) is 48.0 Å². The Morgan fingerprint density at radius 3 is 2.26 bits per heavy atom. The van der Waals surface area contributed by atoms with Gasteiger partial charge >= 0.3 is 5.97 Å². The summed E-state index contributed by atoms with van der Waals surface area (Å²) in [4.78, 5) is 58.1. The van der Waals surface area contributed by atoms with Crippen LogP contribution in [-0.2, 0) is 32.0 Å². The highest BCUT2D eigenvalue weighted by Crippen LogP contribution is 2.13. The van der Waals surface area contributed by atoms with Gasteiger partial charge in [-0.2, -0.15) is 11.8 Å². The lowest BCUT2D eigenvalue weighted by atomic mass is 9.97. The standard InChI is InChI=1S/C26H38N6O6S/c1-4-15(2)22(32-23(34)19(27)9-10-39-3)25(36)30-20(12-17-13-28-14-29-17)24(35)31-21(26(37)38)11-16-5-7-18(33)8-6-16/h5-8,13-15,19-22,33H,4,9-12,27H2,1-3H3,(H,28,29)(H,30,36)(H,31,35)(H,32,34)(H,37,38). The van der Waals surface area contributed by atoms with E-state index in [4.69, 9.17) is 5.73 Å². The van der Waals surface area contributed by atoms with Crippen LogP contribution in [-0.4, -0.2) is 80.0 Å². The zero-order valence-corrected chi connectivity index (χ0v) is 23.2. The molecule has 0 saturated carbocycles. The summed E-state index contributed by atoms with van der Waals surface area (Å²) < 4.78 is 0. The van der Waals surface area contributed by atoms with Crippen molar-refractivity contribution in [2.75, 3.05) is 12.0 Å². The van der Waals surface area contributed by atoms with Crippen LogP contribution in [0, 0.1) is 5.92 Å². The predicted octanol–water partition coefficient (Wildman–Crippen LogP) is 0.566. The average molecular weight is 563 g/mol. The molecule has 1 heterocycles. The molecule has 0 radical (unpaired) electrons. The monoisotopic (exact) mass is 562 g/mol. The van der Waals surface area contributed by atoms with E-state index in [-0.39, 0.29) is 24.5 Å². The molecule has 5 atom stereocenters. The lowest BCUT2D eigenvalue weighted by Crippen LogP contribution is -2.59. The van der Waals surface area contributed by atoms with E-state index in [2.05, 4.69) is 25.9 Å². The lowest BCUT2D eigenvalue weighted by Gasteiger charge is -2.28. The van der Waals surface area contributed by atoms with Gasteiger partial charge in [-0.3, -0.25) is 14.4 Å². The number of thioether (sulfide) groups is 1. The SMILES string of the molecule is CCC(C)C(NC(=O)C(N)CCSC)C(=O)NC(Cc1cnc[nH]1)C(=O)NC(Cc1ccc(O)cc1)C(=O)O. The zero-order chi connectivity index (χ0) is 28.9. The Hall–Kier alpha value is -3.58. The van der Waals surface area contributed by atoms with E-state index in [9.17, 15) is 29.4 Å². The molecule has 8 N–H and O–H groups in total. The molecule has 0 spiro atoms. The van der Waals surface area contributed by atoms with Crippen LogP contribution in [0.1, 0.15) is 37.9 Å². The van der Waals surface area contributed by atoms with Gasteiger partial charge in [0.15, 0.2) is 0 Å². The first-order valence-corrected chi connectivity index (χ1v) is 14.1. The maximum atomic E-state index is 13.4. The van der Waals surface area contributed by atoms with Crippen LogP contribution in [0.15, 0.2) is 36.8 Å². The molecule has 2 rings (SSSR count). The maximum absolute atomic E-state index is 13.4. The minimum atomic E-state index is -1.29. The molecule has 0 aliphatic carbocycles. The molecule has 214 valence electrons. The number of hydrogen-bond acceptors (Lipinski definition) is 8. The summed E-state index contributed by atoms with van der Waals surface area (Å²) in [5.74, 6) is -2.56. The van der Waals surface area contributed by atoms with Crippen molar-refractivity contribution in [3.8, 4) is 5.75 Å². The van der Waals surface area contributed by atoms with Gasteiger partial charge in [-0.05, 0) is 42.0 Å². The van der Waals surface area contributed by atoms with Gasteiger partial charge in [-0.15, -0.1) is 0 Å². The van der Waals surface area contributed by atoms with Crippen LogP contribution in [0.4, 0.5) is 0 Å². The van der Waals surface area contributed by atoms with Crippen LogP contribution in [0.2, 0.25) is 0 Å². The molecule has 12 nitrogen and oxygen atoms in total. The number of aromatic nitrogens is 2. The fourth-order valence-electron chi connectivity index (χ4n) is 3.77. The molecule has 0 saturated heterocycles. The number of imidazole rings is 1. The van der Waals surface area contributed by atoms with Crippen molar-refractivity contribution in [3.63, 3.8) is 0 Å². The van der Waals surface area contributed by atoms with Gasteiger partial charge in [-0.1, -0.05) is 32.4 Å². The topological polar surface area (TPSA) is 200 Å². The summed E-state index contributed by atoms with van der Waals surface area (Å²) in [6, 6.07) is 1.79. The fourth-order valence-corrected chi connectivity index (χ4v) is 4.25. The van der Waals surface area contributed by atoms with Crippen LogP contribution in [0.25, 0.3) is 0 Å². The number of nitrogens with two attached hydrogens (primary N) is 1. The Labute approximate surface area is 231 Å². The minimum absolute atomic E-state index is 0.0114. The number of amides is 3.